The zero-order chi connectivity index (χ0) is 15.7. The van der Waals surface area contributed by atoms with Crippen LogP contribution in [-0.2, 0) is 0 Å². The summed E-state index contributed by atoms with van der Waals surface area (Å²) in [6, 6.07) is 22.9. The molecule has 114 valence electrons. The van der Waals surface area contributed by atoms with Crippen LogP contribution in [0.15, 0.2) is 75.1 Å². The maximum absolute atomic E-state index is 6.05. The molecule has 1 aliphatic rings. The van der Waals surface area contributed by atoms with Gasteiger partial charge in [-0.3, -0.25) is 0 Å². The fraction of sp³-hybridized carbons (Fsp3) is 0. The van der Waals surface area contributed by atoms with Crippen molar-refractivity contribution in [3.05, 3.63) is 66.7 Å². The Bertz CT molecular complexity index is 1330. The summed E-state index contributed by atoms with van der Waals surface area (Å²) in [6.07, 6.45) is 0. The van der Waals surface area contributed by atoms with Gasteiger partial charge in [0.15, 0.2) is 11.3 Å². The first-order chi connectivity index (χ1) is 11.9. The molecule has 0 aliphatic carbocycles. The van der Waals surface area contributed by atoms with Crippen molar-refractivity contribution in [3.63, 3.8) is 0 Å². The Balaban J connectivity index is 2.07. The normalized spacial score (nSPS) is 13.2. The molecule has 1 unspecified atom stereocenters. The topological polar surface area (TPSA) is 35.5 Å². The fourth-order valence-electron chi connectivity index (χ4n) is 3.59. The highest BCUT2D eigenvalue weighted by atomic mass is 31.1. The third-order valence-corrected chi connectivity index (χ3v) is 5.64. The molecule has 0 saturated heterocycles. The van der Waals surface area contributed by atoms with Gasteiger partial charge in [0.05, 0.1) is 0 Å². The van der Waals surface area contributed by atoms with Gasteiger partial charge in [0.2, 0.25) is 0 Å². The molecule has 0 amide bonds. The molecule has 5 aromatic rings. The molecule has 1 atom stereocenters. The van der Waals surface area contributed by atoms with E-state index in [1.807, 2.05) is 18.2 Å². The minimum Gasteiger partial charge on any atom is -0.390 e. The van der Waals surface area contributed by atoms with Crippen molar-refractivity contribution in [1.29, 1.82) is 0 Å². The highest BCUT2D eigenvalue weighted by molar-refractivity contribution is 7.32. The predicted molar refractivity (Wildman–Crippen MR) is 97.4 cm³/mol. The lowest BCUT2D eigenvalue weighted by molar-refractivity contribution is 0.539. The second kappa shape index (κ2) is 4.34. The van der Waals surface area contributed by atoms with Crippen LogP contribution >= 0.6 is 8.24 Å². The second-order valence-corrected chi connectivity index (χ2v) is 6.95. The fourth-order valence-corrected chi connectivity index (χ4v) is 4.64. The first-order valence-electron chi connectivity index (χ1n) is 7.80. The predicted octanol–water partition coefficient (Wildman–Crippen LogP) is 6.75. The minimum atomic E-state index is -1.42. The molecule has 3 nitrogen and oxygen atoms in total. The van der Waals surface area contributed by atoms with Gasteiger partial charge in [-0.15, -0.1) is 0 Å². The summed E-state index contributed by atoms with van der Waals surface area (Å²) in [6.45, 7) is 0. The summed E-state index contributed by atoms with van der Waals surface area (Å²) in [4.78, 5) is 0. The van der Waals surface area contributed by atoms with E-state index in [1.54, 1.807) is 0 Å². The molecule has 2 heterocycles. The van der Waals surface area contributed by atoms with E-state index < -0.39 is 8.24 Å². The Morgan fingerprint density at radius 1 is 0.667 bits per heavy atom. The zero-order valence-electron chi connectivity index (χ0n) is 12.5. The molecule has 0 radical (unpaired) electrons. The Labute approximate surface area is 137 Å². The summed E-state index contributed by atoms with van der Waals surface area (Å²) in [5.41, 5.74) is 1.62. The molecular formula is C20H11O3P. The number of benzene rings is 4. The van der Waals surface area contributed by atoms with E-state index in [-0.39, 0.29) is 0 Å². The van der Waals surface area contributed by atoms with Crippen molar-refractivity contribution < 1.29 is 12.9 Å². The highest BCUT2D eigenvalue weighted by Crippen LogP contribution is 2.50. The molecule has 0 saturated carbocycles. The van der Waals surface area contributed by atoms with E-state index >= 15 is 0 Å². The van der Waals surface area contributed by atoms with Crippen LogP contribution < -0.4 is 4.52 Å². The molecule has 0 spiro atoms. The highest BCUT2D eigenvalue weighted by Gasteiger charge is 2.22. The van der Waals surface area contributed by atoms with Crippen molar-refractivity contribution in [3.8, 4) is 5.75 Å². The van der Waals surface area contributed by atoms with Crippen molar-refractivity contribution >= 4 is 51.7 Å². The van der Waals surface area contributed by atoms with E-state index in [4.69, 9.17) is 12.9 Å². The van der Waals surface area contributed by atoms with Crippen LogP contribution in [0.3, 0.4) is 0 Å². The lowest BCUT2D eigenvalue weighted by Gasteiger charge is -2.07. The first kappa shape index (κ1) is 12.5. The number of hydrogen-bond donors (Lipinski definition) is 0. The van der Waals surface area contributed by atoms with Crippen LogP contribution in [0.2, 0.25) is 0 Å². The van der Waals surface area contributed by atoms with Crippen LogP contribution in [-0.4, -0.2) is 0 Å². The first-order valence-corrected chi connectivity index (χ1v) is 8.90. The van der Waals surface area contributed by atoms with Crippen molar-refractivity contribution in [2.24, 2.45) is 0 Å². The summed E-state index contributed by atoms with van der Waals surface area (Å²) in [5, 5.41) is 6.81. The molecule has 0 fully saturated rings. The molecule has 0 N–H and O–H groups in total. The Morgan fingerprint density at radius 2 is 1.42 bits per heavy atom. The molecule has 1 aromatic heterocycles. The van der Waals surface area contributed by atoms with Crippen LogP contribution in [0.4, 0.5) is 0 Å². The lowest BCUT2D eigenvalue weighted by Crippen LogP contribution is -1.83. The smallest absolute Gasteiger partial charge is 0.390 e. The molecule has 6 rings (SSSR count). The van der Waals surface area contributed by atoms with Crippen LogP contribution in [0, 0.1) is 0 Å². The number of fused-ring (bicyclic) bond motifs is 7. The van der Waals surface area contributed by atoms with Crippen LogP contribution in [0.5, 0.6) is 5.75 Å². The SMILES string of the molecule is c1ccc2c(c1)ccc1op3oc4c(cc5ccccc5c4c12)O3. The summed E-state index contributed by atoms with van der Waals surface area (Å²) >= 11 is 0. The van der Waals surface area contributed by atoms with Gasteiger partial charge in [-0.25, -0.2) is 0 Å². The maximum atomic E-state index is 6.05. The third-order valence-electron chi connectivity index (χ3n) is 4.62. The molecule has 4 heteroatoms. The number of hydrogen-bond acceptors (Lipinski definition) is 3. The van der Waals surface area contributed by atoms with Gasteiger partial charge in [0, 0.05) is 10.8 Å². The molecule has 2 bridgehead atoms. The molecule has 4 aromatic carbocycles. The van der Waals surface area contributed by atoms with Gasteiger partial charge in [-0.1, -0.05) is 54.6 Å². The largest absolute Gasteiger partial charge is 0.453 e. The van der Waals surface area contributed by atoms with Gasteiger partial charge in [-0.05, 0) is 33.7 Å². The monoisotopic (exact) mass is 330 g/mol. The van der Waals surface area contributed by atoms with Crippen molar-refractivity contribution in [2.75, 3.05) is 0 Å². The average Bonchev–Trinajstić information content (AvgIpc) is 2.93. The van der Waals surface area contributed by atoms with Gasteiger partial charge >= 0.3 is 8.24 Å². The minimum absolute atomic E-state index is 0.772. The summed E-state index contributed by atoms with van der Waals surface area (Å²) in [7, 11) is -1.42. The molecule has 24 heavy (non-hydrogen) atoms. The lowest BCUT2D eigenvalue weighted by atomic mass is 9.98. The Kier molecular flexibility index (Phi) is 2.26. The van der Waals surface area contributed by atoms with Crippen LogP contribution in [0.25, 0.3) is 43.5 Å². The maximum Gasteiger partial charge on any atom is 0.453 e. The van der Waals surface area contributed by atoms with Crippen LogP contribution in [0.1, 0.15) is 0 Å². The number of rotatable bonds is 0. The van der Waals surface area contributed by atoms with Crippen molar-refractivity contribution in [2.45, 2.75) is 0 Å². The van der Waals surface area contributed by atoms with E-state index in [9.17, 15) is 0 Å². The molecular weight excluding hydrogens is 319 g/mol. The van der Waals surface area contributed by atoms with E-state index in [0.29, 0.717) is 0 Å². The average molecular weight is 330 g/mol. The summed E-state index contributed by atoms with van der Waals surface area (Å²) < 4.78 is 17.9. The summed E-state index contributed by atoms with van der Waals surface area (Å²) in [5.74, 6) is 0.772. The van der Waals surface area contributed by atoms with E-state index in [1.165, 1.54) is 10.8 Å². The van der Waals surface area contributed by atoms with Gasteiger partial charge in [0.25, 0.3) is 0 Å². The van der Waals surface area contributed by atoms with Gasteiger partial charge in [-0.2, -0.15) is 0 Å². The van der Waals surface area contributed by atoms with E-state index in [2.05, 4.69) is 48.5 Å². The van der Waals surface area contributed by atoms with Gasteiger partial charge in [0.1, 0.15) is 5.58 Å². The zero-order valence-corrected chi connectivity index (χ0v) is 13.4. The standard InChI is InChI=1S/C20H11O3P/c1-3-7-14-12(5-1)9-10-16-18(14)19-15-8-4-2-6-13(15)11-17-20(19)23-24(21-16)22-17/h1-11H. The van der Waals surface area contributed by atoms with Crippen molar-refractivity contribution in [1.82, 2.24) is 0 Å². The third kappa shape index (κ3) is 1.52. The second-order valence-electron chi connectivity index (χ2n) is 5.96. The quantitative estimate of drug-likeness (QED) is 0.309. The Morgan fingerprint density at radius 3 is 2.29 bits per heavy atom. The van der Waals surface area contributed by atoms with Gasteiger partial charge < -0.3 is 12.9 Å². The molecule has 1 aliphatic heterocycles. The van der Waals surface area contributed by atoms with E-state index in [0.717, 1.165) is 38.5 Å². The Hall–Kier alpha value is -2.90.